The maximum Gasteiger partial charge on any atom is 0.0659 e. The summed E-state index contributed by atoms with van der Waals surface area (Å²) in [6.07, 6.45) is 3.82. The normalized spacial score (nSPS) is 12.7. The molecular formula is C12H15N3. The van der Waals surface area contributed by atoms with Crippen molar-refractivity contribution >= 4 is 0 Å². The SMILES string of the molecule is C[C@@H](N)c1cnn(Cc2ccccc2)c1. The minimum Gasteiger partial charge on any atom is -0.324 e. The Hall–Kier alpha value is -1.61. The van der Waals surface area contributed by atoms with Crippen molar-refractivity contribution in [3.63, 3.8) is 0 Å². The Kier molecular flexibility index (Phi) is 2.83. The molecule has 0 fully saturated rings. The number of nitrogens with zero attached hydrogens (tertiary/aromatic N) is 2. The molecule has 0 aliphatic heterocycles. The topological polar surface area (TPSA) is 43.8 Å². The number of hydrogen-bond acceptors (Lipinski definition) is 2. The first-order chi connectivity index (χ1) is 7.25. The number of hydrogen-bond donors (Lipinski definition) is 1. The molecule has 1 atom stereocenters. The summed E-state index contributed by atoms with van der Waals surface area (Å²) in [5, 5.41) is 4.27. The van der Waals surface area contributed by atoms with Crippen LogP contribution < -0.4 is 5.73 Å². The van der Waals surface area contributed by atoms with Gasteiger partial charge in [0.05, 0.1) is 12.7 Å². The van der Waals surface area contributed by atoms with Gasteiger partial charge in [-0.05, 0) is 12.5 Å². The van der Waals surface area contributed by atoms with Crippen LogP contribution >= 0.6 is 0 Å². The molecule has 15 heavy (non-hydrogen) atoms. The lowest BCUT2D eigenvalue weighted by Crippen LogP contribution is -2.04. The van der Waals surface area contributed by atoms with Crippen LogP contribution in [0.25, 0.3) is 0 Å². The Bertz CT molecular complexity index is 417. The third-order valence-corrected chi connectivity index (χ3v) is 2.37. The van der Waals surface area contributed by atoms with E-state index in [4.69, 9.17) is 5.73 Å². The van der Waals surface area contributed by atoms with E-state index >= 15 is 0 Å². The zero-order chi connectivity index (χ0) is 10.7. The predicted octanol–water partition coefficient (Wildman–Crippen LogP) is 1.95. The van der Waals surface area contributed by atoms with Crippen LogP contribution in [0.4, 0.5) is 0 Å². The third kappa shape index (κ3) is 2.44. The van der Waals surface area contributed by atoms with E-state index in [0.29, 0.717) is 0 Å². The van der Waals surface area contributed by atoms with Gasteiger partial charge < -0.3 is 5.73 Å². The van der Waals surface area contributed by atoms with E-state index < -0.39 is 0 Å². The summed E-state index contributed by atoms with van der Waals surface area (Å²) in [4.78, 5) is 0. The summed E-state index contributed by atoms with van der Waals surface area (Å²) < 4.78 is 1.91. The van der Waals surface area contributed by atoms with Gasteiger partial charge in [0.2, 0.25) is 0 Å². The Morgan fingerprint density at radius 1 is 1.33 bits per heavy atom. The second-order valence-corrected chi connectivity index (χ2v) is 3.75. The molecule has 0 radical (unpaired) electrons. The fraction of sp³-hybridized carbons (Fsp3) is 0.250. The van der Waals surface area contributed by atoms with Crippen LogP contribution in [0.5, 0.6) is 0 Å². The second-order valence-electron chi connectivity index (χ2n) is 3.75. The lowest BCUT2D eigenvalue weighted by atomic mass is 10.2. The largest absolute Gasteiger partial charge is 0.324 e. The first-order valence-electron chi connectivity index (χ1n) is 5.07. The number of nitrogens with two attached hydrogens (primary N) is 1. The second kappa shape index (κ2) is 4.28. The molecule has 3 heteroatoms. The summed E-state index contributed by atoms with van der Waals surface area (Å²) >= 11 is 0. The van der Waals surface area contributed by atoms with Crippen LogP contribution in [-0.4, -0.2) is 9.78 Å². The first kappa shape index (κ1) is 9.93. The Morgan fingerprint density at radius 3 is 2.67 bits per heavy atom. The van der Waals surface area contributed by atoms with E-state index in [9.17, 15) is 0 Å². The molecule has 2 rings (SSSR count). The van der Waals surface area contributed by atoms with Gasteiger partial charge in [-0.2, -0.15) is 5.10 Å². The minimum absolute atomic E-state index is 0.0505. The molecule has 1 aromatic heterocycles. The molecule has 1 aromatic carbocycles. The smallest absolute Gasteiger partial charge is 0.0659 e. The zero-order valence-corrected chi connectivity index (χ0v) is 8.80. The standard InChI is InChI=1S/C12H15N3/c1-10(13)12-7-14-15(9-12)8-11-5-3-2-4-6-11/h2-7,9-10H,8,13H2,1H3/t10-/m1/s1. The summed E-state index contributed by atoms with van der Waals surface area (Å²) in [6, 6.07) is 10.3. The third-order valence-electron chi connectivity index (χ3n) is 2.37. The van der Waals surface area contributed by atoms with Crippen molar-refractivity contribution in [2.75, 3.05) is 0 Å². The Morgan fingerprint density at radius 2 is 2.07 bits per heavy atom. The van der Waals surface area contributed by atoms with Crippen molar-refractivity contribution in [3.05, 3.63) is 53.9 Å². The van der Waals surface area contributed by atoms with Crippen LogP contribution in [0.3, 0.4) is 0 Å². The van der Waals surface area contributed by atoms with Crippen LogP contribution in [0, 0.1) is 0 Å². The van der Waals surface area contributed by atoms with Gasteiger partial charge in [-0.25, -0.2) is 0 Å². The Balaban J connectivity index is 2.12. The molecule has 0 aliphatic rings. The van der Waals surface area contributed by atoms with Gasteiger partial charge in [-0.1, -0.05) is 30.3 Å². The van der Waals surface area contributed by atoms with Crippen LogP contribution in [0.15, 0.2) is 42.7 Å². The number of rotatable bonds is 3. The molecule has 0 spiro atoms. The van der Waals surface area contributed by atoms with Crippen molar-refractivity contribution in [2.24, 2.45) is 5.73 Å². The van der Waals surface area contributed by atoms with Gasteiger partial charge in [-0.15, -0.1) is 0 Å². The van der Waals surface area contributed by atoms with E-state index in [-0.39, 0.29) is 6.04 Å². The van der Waals surface area contributed by atoms with Gasteiger partial charge in [-0.3, -0.25) is 4.68 Å². The van der Waals surface area contributed by atoms with Crippen molar-refractivity contribution in [3.8, 4) is 0 Å². The van der Waals surface area contributed by atoms with E-state index in [0.717, 1.165) is 12.1 Å². The van der Waals surface area contributed by atoms with Gasteiger partial charge in [0.15, 0.2) is 0 Å². The molecule has 0 bridgehead atoms. The minimum atomic E-state index is 0.0505. The van der Waals surface area contributed by atoms with Crippen LogP contribution in [0.1, 0.15) is 24.1 Å². The molecule has 1 heterocycles. The summed E-state index contributed by atoms with van der Waals surface area (Å²) in [5.74, 6) is 0. The average Bonchev–Trinajstić information content (AvgIpc) is 2.68. The molecule has 78 valence electrons. The van der Waals surface area contributed by atoms with Gasteiger partial charge in [0.25, 0.3) is 0 Å². The summed E-state index contributed by atoms with van der Waals surface area (Å²) in [7, 11) is 0. The Labute approximate surface area is 89.5 Å². The maximum atomic E-state index is 5.77. The fourth-order valence-electron chi connectivity index (χ4n) is 1.47. The van der Waals surface area contributed by atoms with Gasteiger partial charge >= 0.3 is 0 Å². The molecule has 0 amide bonds. The highest BCUT2D eigenvalue weighted by atomic mass is 15.3. The van der Waals surface area contributed by atoms with E-state index in [1.165, 1.54) is 5.56 Å². The molecule has 2 N–H and O–H groups in total. The fourth-order valence-corrected chi connectivity index (χ4v) is 1.47. The average molecular weight is 201 g/mol. The van der Waals surface area contributed by atoms with E-state index in [1.807, 2.05) is 42.2 Å². The molecule has 0 saturated carbocycles. The number of aromatic nitrogens is 2. The van der Waals surface area contributed by atoms with Crippen molar-refractivity contribution in [1.82, 2.24) is 9.78 Å². The molecule has 0 aliphatic carbocycles. The lowest BCUT2D eigenvalue weighted by Gasteiger charge is -2.01. The van der Waals surface area contributed by atoms with Gasteiger partial charge in [0.1, 0.15) is 0 Å². The highest BCUT2D eigenvalue weighted by Gasteiger charge is 2.02. The number of benzene rings is 1. The highest BCUT2D eigenvalue weighted by Crippen LogP contribution is 2.09. The molecule has 3 nitrogen and oxygen atoms in total. The maximum absolute atomic E-state index is 5.77. The van der Waals surface area contributed by atoms with Gasteiger partial charge in [0, 0.05) is 17.8 Å². The van der Waals surface area contributed by atoms with Crippen LogP contribution in [0.2, 0.25) is 0 Å². The molecule has 0 unspecified atom stereocenters. The zero-order valence-electron chi connectivity index (χ0n) is 8.80. The quantitative estimate of drug-likeness (QED) is 0.824. The first-order valence-corrected chi connectivity index (χ1v) is 5.07. The highest BCUT2D eigenvalue weighted by molar-refractivity contribution is 5.16. The van der Waals surface area contributed by atoms with Crippen molar-refractivity contribution in [1.29, 1.82) is 0 Å². The van der Waals surface area contributed by atoms with E-state index in [2.05, 4.69) is 17.2 Å². The lowest BCUT2D eigenvalue weighted by molar-refractivity contribution is 0.684. The van der Waals surface area contributed by atoms with Crippen molar-refractivity contribution < 1.29 is 0 Å². The predicted molar refractivity (Wildman–Crippen MR) is 60.4 cm³/mol. The van der Waals surface area contributed by atoms with Crippen LogP contribution in [-0.2, 0) is 6.54 Å². The summed E-state index contributed by atoms with van der Waals surface area (Å²) in [6.45, 7) is 2.76. The summed E-state index contributed by atoms with van der Waals surface area (Å²) in [5.41, 5.74) is 8.09. The monoisotopic (exact) mass is 201 g/mol. The molecule has 0 saturated heterocycles. The molecule has 2 aromatic rings. The van der Waals surface area contributed by atoms with Crippen molar-refractivity contribution in [2.45, 2.75) is 19.5 Å². The van der Waals surface area contributed by atoms with E-state index in [1.54, 1.807) is 0 Å². The molecular weight excluding hydrogens is 186 g/mol.